The molecular formula is C8H16NSi. The first kappa shape index (κ1) is 9.66. The van der Waals surface area contributed by atoms with Gasteiger partial charge in [0.15, 0.2) is 0 Å². The summed E-state index contributed by atoms with van der Waals surface area (Å²) in [5, 5.41) is 3.19. The highest BCUT2D eigenvalue weighted by molar-refractivity contribution is 6.60. The van der Waals surface area contributed by atoms with Crippen LogP contribution in [-0.4, -0.2) is 22.0 Å². The van der Waals surface area contributed by atoms with E-state index in [1.165, 1.54) is 12.1 Å². The Morgan fingerprint density at radius 2 is 1.80 bits per heavy atom. The summed E-state index contributed by atoms with van der Waals surface area (Å²) < 4.78 is 0. The van der Waals surface area contributed by atoms with E-state index in [1.54, 1.807) is 0 Å². The van der Waals surface area contributed by atoms with Crippen molar-refractivity contribution >= 4 is 8.80 Å². The van der Waals surface area contributed by atoms with Crippen LogP contribution in [0.5, 0.6) is 0 Å². The molecule has 1 radical (unpaired) electrons. The molecule has 0 amide bonds. The van der Waals surface area contributed by atoms with E-state index >= 15 is 0 Å². The van der Waals surface area contributed by atoms with Gasteiger partial charge in [-0.2, -0.15) is 0 Å². The molecule has 0 unspecified atom stereocenters. The molecule has 0 heterocycles. The quantitative estimate of drug-likeness (QED) is 0.453. The second kappa shape index (κ2) is 6.77. The van der Waals surface area contributed by atoms with Crippen molar-refractivity contribution in [2.75, 3.05) is 13.2 Å². The highest BCUT2D eigenvalue weighted by Gasteiger charge is 2.04. The van der Waals surface area contributed by atoms with Gasteiger partial charge < -0.3 is 5.32 Å². The average Bonchev–Trinajstić information content (AvgIpc) is 1.90. The van der Waals surface area contributed by atoms with Crippen LogP contribution in [0.4, 0.5) is 0 Å². The van der Waals surface area contributed by atoms with Gasteiger partial charge in [0.05, 0.1) is 8.80 Å². The van der Waals surface area contributed by atoms with E-state index in [4.69, 9.17) is 0 Å². The summed E-state index contributed by atoms with van der Waals surface area (Å²) >= 11 is 0. The van der Waals surface area contributed by atoms with E-state index < -0.39 is 0 Å². The van der Waals surface area contributed by atoms with Crippen molar-refractivity contribution in [3.63, 3.8) is 0 Å². The number of hydrogen-bond acceptors (Lipinski definition) is 1. The molecule has 1 nitrogen and oxygen atoms in total. The largest absolute Gasteiger partial charge is 0.323 e. The van der Waals surface area contributed by atoms with Gasteiger partial charge in [-0.1, -0.05) is 12.2 Å². The van der Waals surface area contributed by atoms with Gasteiger partial charge in [0.25, 0.3) is 0 Å². The van der Waals surface area contributed by atoms with Crippen LogP contribution in [0.15, 0.2) is 25.3 Å². The van der Waals surface area contributed by atoms with Crippen LogP contribution in [0.25, 0.3) is 0 Å². The normalized spacial score (nSPS) is 9.80. The zero-order valence-electron chi connectivity index (χ0n) is 6.69. The summed E-state index contributed by atoms with van der Waals surface area (Å²) in [7, 11) is 1.75. The van der Waals surface area contributed by atoms with Crippen LogP contribution < -0.4 is 5.32 Å². The first-order chi connectivity index (χ1) is 4.85. The first-order valence-electron chi connectivity index (χ1n) is 3.55. The first-order valence-corrected chi connectivity index (χ1v) is 5.67. The zero-order valence-corrected chi connectivity index (χ0v) is 7.69. The topological polar surface area (TPSA) is 12.0 Å². The molecule has 0 bridgehead atoms. The average molecular weight is 154 g/mol. The molecule has 0 fully saturated rings. The fourth-order valence-electron chi connectivity index (χ4n) is 0.886. The lowest BCUT2D eigenvalue weighted by Gasteiger charge is -2.08. The lowest BCUT2D eigenvalue weighted by atomic mass is 10.7. The molecule has 0 aliphatic carbocycles. The minimum absolute atomic E-state index is 0.245. The molecule has 0 aromatic heterocycles. The predicted molar refractivity (Wildman–Crippen MR) is 49.7 cm³/mol. The lowest BCUT2D eigenvalue weighted by Crippen LogP contribution is -2.26. The van der Waals surface area contributed by atoms with Gasteiger partial charge in [0.1, 0.15) is 0 Å². The van der Waals surface area contributed by atoms with Crippen molar-refractivity contribution in [3.05, 3.63) is 25.3 Å². The molecule has 10 heavy (non-hydrogen) atoms. The van der Waals surface area contributed by atoms with E-state index in [-0.39, 0.29) is 8.80 Å². The Labute approximate surface area is 65.4 Å². The van der Waals surface area contributed by atoms with Crippen LogP contribution in [0.3, 0.4) is 0 Å². The van der Waals surface area contributed by atoms with Crippen molar-refractivity contribution < 1.29 is 0 Å². The molecular weight excluding hydrogens is 138 g/mol. The van der Waals surface area contributed by atoms with Gasteiger partial charge in [-0.05, 0) is 25.3 Å². The van der Waals surface area contributed by atoms with Crippen LogP contribution in [-0.2, 0) is 0 Å². The Bertz CT molecular complexity index is 91.4. The standard InChI is InChI=1S/C8H16NSi/c1-4-6-10(7-5-2)8-9-3/h4-5,9H,1-2,6-8H2,3H3. The smallest absolute Gasteiger partial charge is 0.0724 e. The third kappa shape index (κ3) is 4.53. The summed E-state index contributed by atoms with van der Waals surface area (Å²) in [6, 6.07) is 2.36. The summed E-state index contributed by atoms with van der Waals surface area (Å²) in [6.07, 6.45) is 5.17. The monoisotopic (exact) mass is 154 g/mol. The lowest BCUT2D eigenvalue weighted by molar-refractivity contribution is 0.951. The summed E-state index contributed by atoms with van der Waals surface area (Å²) in [4.78, 5) is 0. The third-order valence-corrected chi connectivity index (χ3v) is 3.88. The number of rotatable bonds is 6. The van der Waals surface area contributed by atoms with Gasteiger partial charge in [-0.25, -0.2) is 0 Å². The minimum atomic E-state index is -0.245. The molecule has 0 atom stereocenters. The fraction of sp³-hybridized carbons (Fsp3) is 0.500. The fourth-order valence-corrected chi connectivity index (χ4v) is 2.66. The van der Waals surface area contributed by atoms with Gasteiger partial charge >= 0.3 is 0 Å². The van der Waals surface area contributed by atoms with Crippen LogP contribution in [0.1, 0.15) is 0 Å². The predicted octanol–water partition coefficient (Wildman–Crippen LogP) is 1.61. The van der Waals surface area contributed by atoms with Crippen LogP contribution in [0.2, 0.25) is 12.1 Å². The Morgan fingerprint density at radius 3 is 2.10 bits per heavy atom. The Morgan fingerprint density at radius 1 is 1.30 bits per heavy atom. The molecule has 0 spiro atoms. The molecule has 0 saturated carbocycles. The van der Waals surface area contributed by atoms with Gasteiger partial charge in [0.2, 0.25) is 0 Å². The van der Waals surface area contributed by atoms with Gasteiger partial charge in [-0.3, -0.25) is 0 Å². The summed E-state index contributed by atoms with van der Waals surface area (Å²) in [6.45, 7) is 7.46. The number of allylic oxidation sites excluding steroid dienone is 2. The van der Waals surface area contributed by atoms with Crippen molar-refractivity contribution in [1.82, 2.24) is 5.32 Å². The molecule has 0 saturated heterocycles. The minimum Gasteiger partial charge on any atom is -0.323 e. The van der Waals surface area contributed by atoms with Gasteiger partial charge in [-0.15, -0.1) is 13.2 Å². The molecule has 2 heteroatoms. The molecule has 0 aliphatic heterocycles. The molecule has 57 valence electrons. The van der Waals surface area contributed by atoms with Crippen molar-refractivity contribution in [1.29, 1.82) is 0 Å². The van der Waals surface area contributed by atoms with Crippen molar-refractivity contribution in [2.45, 2.75) is 12.1 Å². The second-order valence-electron chi connectivity index (χ2n) is 2.27. The maximum atomic E-state index is 3.73. The molecule has 0 aromatic rings. The zero-order chi connectivity index (χ0) is 7.82. The second-order valence-corrected chi connectivity index (χ2v) is 4.94. The molecule has 0 aliphatic rings. The SMILES string of the molecule is C=CC[Si](CC=C)CNC. The van der Waals surface area contributed by atoms with E-state index in [1.807, 2.05) is 19.2 Å². The highest BCUT2D eigenvalue weighted by Crippen LogP contribution is 1.98. The highest BCUT2D eigenvalue weighted by atomic mass is 28.3. The summed E-state index contributed by atoms with van der Waals surface area (Å²) in [5.41, 5.74) is 0. The van der Waals surface area contributed by atoms with E-state index in [0.29, 0.717) is 0 Å². The third-order valence-electron chi connectivity index (χ3n) is 1.29. The van der Waals surface area contributed by atoms with Crippen LogP contribution >= 0.6 is 0 Å². The molecule has 1 N–H and O–H groups in total. The molecule has 0 rings (SSSR count). The van der Waals surface area contributed by atoms with Crippen LogP contribution in [0, 0.1) is 0 Å². The maximum Gasteiger partial charge on any atom is 0.0724 e. The Hall–Kier alpha value is -0.343. The van der Waals surface area contributed by atoms with Crippen molar-refractivity contribution in [2.24, 2.45) is 0 Å². The number of nitrogens with one attached hydrogen (secondary N) is 1. The maximum absolute atomic E-state index is 3.73. The van der Waals surface area contributed by atoms with E-state index in [0.717, 1.165) is 6.17 Å². The van der Waals surface area contributed by atoms with E-state index in [2.05, 4.69) is 18.5 Å². The summed E-state index contributed by atoms with van der Waals surface area (Å²) in [5.74, 6) is 0. The number of hydrogen-bond donors (Lipinski definition) is 1. The Balaban J connectivity index is 3.48. The van der Waals surface area contributed by atoms with Gasteiger partial charge in [0, 0.05) is 0 Å². The van der Waals surface area contributed by atoms with E-state index in [9.17, 15) is 0 Å². The Kier molecular flexibility index (Phi) is 6.54. The molecule has 0 aromatic carbocycles. The van der Waals surface area contributed by atoms with Crippen molar-refractivity contribution in [3.8, 4) is 0 Å².